The van der Waals surface area contributed by atoms with Crippen LogP contribution >= 0.6 is 11.3 Å². The summed E-state index contributed by atoms with van der Waals surface area (Å²) in [5.74, 6) is 1.91. The van der Waals surface area contributed by atoms with Gasteiger partial charge in [0.2, 0.25) is 0 Å². The van der Waals surface area contributed by atoms with Gasteiger partial charge in [0.1, 0.15) is 0 Å². The molecule has 0 aliphatic heterocycles. The molecule has 8 aromatic rings. The highest BCUT2D eigenvalue weighted by Gasteiger charge is 2.17. The van der Waals surface area contributed by atoms with Crippen molar-refractivity contribution in [3.8, 4) is 34.2 Å². The molecular formula is C34H20N4S. The summed E-state index contributed by atoms with van der Waals surface area (Å²) in [5.41, 5.74) is 3.76. The van der Waals surface area contributed by atoms with Gasteiger partial charge in [-0.25, -0.2) is 15.0 Å². The Labute approximate surface area is 228 Å². The monoisotopic (exact) mass is 516 g/mol. The zero-order chi connectivity index (χ0) is 25.8. The Kier molecular flexibility index (Phi) is 4.96. The van der Waals surface area contributed by atoms with Crippen LogP contribution in [-0.2, 0) is 0 Å². The van der Waals surface area contributed by atoms with Crippen molar-refractivity contribution in [2.45, 2.75) is 0 Å². The summed E-state index contributed by atoms with van der Waals surface area (Å²) >= 11 is 1.79. The average molecular weight is 517 g/mol. The number of hydrogen-bond donors (Lipinski definition) is 0. The van der Waals surface area contributed by atoms with E-state index in [0.717, 1.165) is 33.0 Å². The molecule has 39 heavy (non-hydrogen) atoms. The average Bonchev–Trinajstić information content (AvgIpc) is 3.39. The number of nitrogens with zero attached hydrogens (tertiary/aromatic N) is 4. The number of hydrogen-bond acceptors (Lipinski definition) is 5. The van der Waals surface area contributed by atoms with E-state index >= 15 is 0 Å². The SMILES string of the molecule is c1ccc2cc(-c3nc(-c4cnc5ccccc5c4)nc(-c4cccc5sc6ccccc6c45)n3)ccc2c1. The van der Waals surface area contributed by atoms with Crippen LogP contribution in [0.1, 0.15) is 0 Å². The van der Waals surface area contributed by atoms with E-state index in [4.69, 9.17) is 15.0 Å². The number of rotatable bonds is 3. The lowest BCUT2D eigenvalue weighted by atomic mass is 10.0. The molecule has 3 aromatic heterocycles. The minimum atomic E-state index is 0.609. The van der Waals surface area contributed by atoms with Crippen molar-refractivity contribution in [3.05, 3.63) is 121 Å². The van der Waals surface area contributed by atoms with E-state index in [0.29, 0.717) is 17.5 Å². The number of pyridine rings is 1. The lowest BCUT2D eigenvalue weighted by molar-refractivity contribution is 1.07. The highest BCUT2D eigenvalue weighted by Crippen LogP contribution is 2.39. The first kappa shape index (κ1) is 22.0. The number of aromatic nitrogens is 4. The van der Waals surface area contributed by atoms with Gasteiger partial charge in [0.05, 0.1) is 5.52 Å². The third-order valence-corrected chi connectivity index (χ3v) is 8.27. The fraction of sp³-hybridized carbons (Fsp3) is 0. The van der Waals surface area contributed by atoms with E-state index in [9.17, 15) is 0 Å². The molecule has 0 aliphatic carbocycles. The Morgan fingerprint density at radius 1 is 0.487 bits per heavy atom. The second-order valence-corrected chi connectivity index (χ2v) is 10.6. The maximum absolute atomic E-state index is 5.07. The van der Waals surface area contributed by atoms with Crippen LogP contribution in [0.15, 0.2) is 121 Å². The van der Waals surface area contributed by atoms with E-state index in [1.165, 1.54) is 25.6 Å². The Balaban J connectivity index is 1.40. The molecule has 5 heteroatoms. The summed E-state index contributed by atoms with van der Waals surface area (Å²) in [6.45, 7) is 0. The molecule has 0 amide bonds. The molecule has 182 valence electrons. The topological polar surface area (TPSA) is 51.6 Å². The van der Waals surface area contributed by atoms with E-state index < -0.39 is 0 Å². The first-order valence-corrected chi connectivity index (χ1v) is 13.6. The highest BCUT2D eigenvalue weighted by molar-refractivity contribution is 7.25. The zero-order valence-electron chi connectivity index (χ0n) is 20.7. The van der Waals surface area contributed by atoms with Gasteiger partial charge in [-0.15, -0.1) is 11.3 Å². The summed E-state index contributed by atoms with van der Waals surface area (Å²) in [6.07, 6.45) is 1.85. The van der Waals surface area contributed by atoms with Gasteiger partial charge in [0.25, 0.3) is 0 Å². The molecule has 5 aromatic carbocycles. The predicted octanol–water partition coefficient (Wildman–Crippen LogP) is 8.94. The van der Waals surface area contributed by atoms with Crippen molar-refractivity contribution in [3.63, 3.8) is 0 Å². The molecule has 0 radical (unpaired) electrons. The third kappa shape index (κ3) is 3.75. The van der Waals surface area contributed by atoms with Crippen molar-refractivity contribution >= 4 is 53.2 Å². The molecule has 0 saturated heterocycles. The number of para-hydroxylation sites is 1. The molecule has 0 unspecified atom stereocenters. The Hall–Kier alpha value is -5.00. The second kappa shape index (κ2) is 8.79. The van der Waals surface area contributed by atoms with Gasteiger partial charge in [-0.2, -0.15) is 0 Å². The van der Waals surface area contributed by atoms with Crippen molar-refractivity contribution < 1.29 is 0 Å². The van der Waals surface area contributed by atoms with Crippen molar-refractivity contribution in [1.82, 2.24) is 19.9 Å². The van der Waals surface area contributed by atoms with Gasteiger partial charge in [-0.3, -0.25) is 4.98 Å². The van der Waals surface area contributed by atoms with Gasteiger partial charge < -0.3 is 0 Å². The quantitative estimate of drug-likeness (QED) is 0.235. The van der Waals surface area contributed by atoms with Gasteiger partial charge in [0.15, 0.2) is 17.5 Å². The summed E-state index contributed by atoms with van der Waals surface area (Å²) in [7, 11) is 0. The molecule has 0 fully saturated rings. The van der Waals surface area contributed by atoms with E-state index in [-0.39, 0.29) is 0 Å². The van der Waals surface area contributed by atoms with Gasteiger partial charge in [-0.1, -0.05) is 84.9 Å². The molecule has 0 saturated carbocycles. The maximum Gasteiger partial charge on any atom is 0.165 e. The third-order valence-electron chi connectivity index (χ3n) is 7.14. The van der Waals surface area contributed by atoms with Crippen LogP contribution in [0.4, 0.5) is 0 Å². The van der Waals surface area contributed by atoms with Crippen LogP contribution in [0.25, 0.3) is 76.0 Å². The lowest BCUT2D eigenvalue weighted by Gasteiger charge is -2.10. The predicted molar refractivity (Wildman–Crippen MR) is 162 cm³/mol. The zero-order valence-corrected chi connectivity index (χ0v) is 21.6. The molecule has 8 rings (SSSR count). The van der Waals surface area contributed by atoms with Gasteiger partial charge >= 0.3 is 0 Å². The lowest BCUT2D eigenvalue weighted by Crippen LogP contribution is -2.01. The summed E-state index contributed by atoms with van der Waals surface area (Å²) in [4.78, 5) is 19.8. The van der Waals surface area contributed by atoms with E-state index in [1.807, 2.05) is 24.4 Å². The van der Waals surface area contributed by atoms with Crippen LogP contribution in [0.5, 0.6) is 0 Å². The van der Waals surface area contributed by atoms with Crippen molar-refractivity contribution in [1.29, 1.82) is 0 Å². The standard InChI is InChI=1S/C34H20N4S/c1-2-9-22-18-24(17-16-21(22)8-1)32-36-33(25-19-23-10-3-5-13-28(23)35-20-25)38-34(37-32)27-12-7-15-30-31(27)26-11-4-6-14-29(26)39-30/h1-20H. The highest BCUT2D eigenvalue weighted by atomic mass is 32.1. The van der Waals surface area contributed by atoms with E-state index in [2.05, 4.69) is 102 Å². The van der Waals surface area contributed by atoms with Gasteiger partial charge in [0, 0.05) is 48.4 Å². The normalized spacial score (nSPS) is 11.6. The summed E-state index contributed by atoms with van der Waals surface area (Å²) in [6, 6.07) is 39.8. The van der Waals surface area contributed by atoms with Gasteiger partial charge in [-0.05, 0) is 41.1 Å². The summed E-state index contributed by atoms with van der Waals surface area (Å²) < 4.78 is 2.47. The molecule has 3 heterocycles. The molecule has 0 N–H and O–H groups in total. The molecular weight excluding hydrogens is 496 g/mol. The molecule has 0 aliphatic rings. The van der Waals surface area contributed by atoms with Crippen LogP contribution in [0, 0.1) is 0 Å². The minimum absolute atomic E-state index is 0.609. The number of thiophene rings is 1. The van der Waals surface area contributed by atoms with Crippen molar-refractivity contribution in [2.75, 3.05) is 0 Å². The molecule has 0 spiro atoms. The van der Waals surface area contributed by atoms with Crippen LogP contribution < -0.4 is 0 Å². The first-order chi connectivity index (χ1) is 19.3. The number of fused-ring (bicyclic) bond motifs is 5. The maximum atomic E-state index is 5.07. The summed E-state index contributed by atoms with van der Waals surface area (Å²) in [5, 5.41) is 5.78. The molecule has 4 nitrogen and oxygen atoms in total. The molecule has 0 atom stereocenters. The fourth-order valence-corrected chi connectivity index (χ4v) is 6.37. The van der Waals surface area contributed by atoms with E-state index in [1.54, 1.807) is 11.3 Å². The Morgan fingerprint density at radius 3 is 2.10 bits per heavy atom. The fourth-order valence-electron chi connectivity index (χ4n) is 5.24. The minimum Gasteiger partial charge on any atom is -0.255 e. The van der Waals surface area contributed by atoms with Crippen LogP contribution in [-0.4, -0.2) is 19.9 Å². The second-order valence-electron chi connectivity index (χ2n) is 9.56. The first-order valence-electron chi connectivity index (χ1n) is 12.8. The largest absolute Gasteiger partial charge is 0.255 e. The Bertz CT molecular complexity index is 2100. The van der Waals surface area contributed by atoms with Crippen LogP contribution in [0.2, 0.25) is 0 Å². The van der Waals surface area contributed by atoms with Crippen molar-refractivity contribution in [2.24, 2.45) is 0 Å². The number of benzene rings is 5. The smallest absolute Gasteiger partial charge is 0.165 e. The van der Waals surface area contributed by atoms with Crippen LogP contribution in [0.3, 0.4) is 0 Å². The molecule has 0 bridgehead atoms. The Morgan fingerprint density at radius 2 is 1.18 bits per heavy atom.